The number of hydrogen-bond donors (Lipinski definition) is 0. The number of methoxy groups -OCH3 is 1. The average Bonchev–Trinajstić information content (AvgIpc) is 3.30. The molecule has 3 aromatic carbocycles. The van der Waals surface area contributed by atoms with Crippen LogP contribution in [0.15, 0.2) is 66.7 Å². The van der Waals surface area contributed by atoms with Crippen LogP contribution in [0.2, 0.25) is 0 Å². The molecule has 1 spiro atoms. The summed E-state index contributed by atoms with van der Waals surface area (Å²) in [6.07, 6.45) is -1.14. The molecular formula is C25H20F2N2O5. The lowest BCUT2D eigenvalue weighted by molar-refractivity contribution is -0.531. The maximum atomic E-state index is 14.8. The van der Waals surface area contributed by atoms with Gasteiger partial charge < -0.3 is 14.4 Å². The summed E-state index contributed by atoms with van der Waals surface area (Å²) in [5.74, 6) is -2.38. The van der Waals surface area contributed by atoms with Crippen molar-refractivity contribution >= 4 is 11.6 Å². The molecule has 174 valence electrons. The van der Waals surface area contributed by atoms with E-state index in [1.165, 1.54) is 50.6 Å². The molecule has 1 fully saturated rings. The molecular weight excluding hydrogens is 446 g/mol. The molecule has 0 unspecified atom stereocenters. The maximum Gasteiger partial charge on any atom is 0.264 e. The molecule has 1 saturated heterocycles. The summed E-state index contributed by atoms with van der Waals surface area (Å²) in [5.41, 5.74) is -0.842. The number of carbonyl (C=O) groups excluding carboxylic acids is 1. The quantitative estimate of drug-likeness (QED) is 0.422. The molecule has 3 aromatic rings. The van der Waals surface area contributed by atoms with Crippen molar-refractivity contribution in [3.8, 4) is 5.75 Å². The van der Waals surface area contributed by atoms with Crippen molar-refractivity contribution in [1.29, 1.82) is 0 Å². The molecule has 0 saturated carbocycles. The fourth-order valence-electron chi connectivity index (χ4n) is 5.19. The fourth-order valence-corrected chi connectivity index (χ4v) is 5.19. The van der Waals surface area contributed by atoms with Gasteiger partial charge >= 0.3 is 0 Å². The Labute approximate surface area is 193 Å². The van der Waals surface area contributed by atoms with Gasteiger partial charge in [-0.2, -0.15) is 0 Å². The Morgan fingerprint density at radius 3 is 2.29 bits per heavy atom. The molecule has 34 heavy (non-hydrogen) atoms. The monoisotopic (exact) mass is 466 g/mol. The minimum absolute atomic E-state index is 0.0112. The van der Waals surface area contributed by atoms with E-state index in [0.717, 1.165) is 4.90 Å². The molecule has 0 bridgehead atoms. The lowest BCUT2D eigenvalue weighted by Gasteiger charge is -2.29. The number of anilines is 1. The molecule has 0 radical (unpaired) electrons. The first-order chi connectivity index (χ1) is 16.3. The Hall–Kier alpha value is -3.85. The molecule has 0 aliphatic carbocycles. The zero-order chi connectivity index (χ0) is 24.2. The highest BCUT2D eigenvalue weighted by Gasteiger charge is 2.70. The highest BCUT2D eigenvalue weighted by molar-refractivity contribution is 6.08. The van der Waals surface area contributed by atoms with Crippen LogP contribution in [0.25, 0.3) is 0 Å². The van der Waals surface area contributed by atoms with Gasteiger partial charge in [0.05, 0.1) is 18.7 Å². The number of likely N-dealkylation sites (N-methyl/N-ethyl adjacent to an activating group) is 1. The second kappa shape index (κ2) is 7.88. The molecule has 2 aliphatic heterocycles. The summed E-state index contributed by atoms with van der Waals surface area (Å²) in [5, 5.41) is 12.5. The summed E-state index contributed by atoms with van der Waals surface area (Å²) in [7, 11) is 2.91. The molecule has 5 rings (SSSR count). The van der Waals surface area contributed by atoms with Gasteiger partial charge in [-0.05, 0) is 41.5 Å². The van der Waals surface area contributed by atoms with E-state index in [0.29, 0.717) is 16.9 Å². The minimum atomic E-state index is -1.87. The predicted molar refractivity (Wildman–Crippen MR) is 118 cm³/mol. The Morgan fingerprint density at radius 2 is 1.68 bits per heavy atom. The van der Waals surface area contributed by atoms with E-state index in [1.54, 1.807) is 30.3 Å². The normalized spacial score (nSPS) is 25.6. The average molecular weight is 466 g/mol. The third-order valence-corrected chi connectivity index (χ3v) is 6.66. The number of benzene rings is 3. The zero-order valence-corrected chi connectivity index (χ0v) is 18.3. The minimum Gasteiger partial charge on any atom is -0.497 e. The number of amides is 1. The molecule has 0 N–H and O–H groups in total. The number of fused-ring (bicyclic) bond motifs is 2. The van der Waals surface area contributed by atoms with Crippen LogP contribution in [0.5, 0.6) is 5.75 Å². The highest BCUT2D eigenvalue weighted by Crippen LogP contribution is 2.60. The van der Waals surface area contributed by atoms with Crippen LogP contribution < -0.4 is 9.64 Å². The molecule has 2 heterocycles. The van der Waals surface area contributed by atoms with Gasteiger partial charge in [-0.3, -0.25) is 14.9 Å². The van der Waals surface area contributed by atoms with Gasteiger partial charge in [-0.15, -0.1) is 0 Å². The molecule has 9 heteroatoms. The number of rotatable bonds is 4. The first-order valence-corrected chi connectivity index (χ1v) is 10.6. The van der Waals surface area contributed by atoms with Gasteiger partial charge in [-0.1, -0.05) is 36.4 Å². The van der Waals surface area contributed by atoms with Crippen molar-refractivity contribution in [3.05, 3.63) is 105 Å². The van der Waals surface area contributed by atoms with Crippen LogP contribution in [0.3, 0.4) is 0 Å². The number of ether oxygens (including phenoxy) is 2. The van der Waals surface area contributed by atoms with Crippen LogP contribution in [0, 0.1) is 21.7 Å². The van der Waals surface area contributed by atoms with Crippen molar-refractivity contribution in [3.63, 3.8) is 0 Å². The van der Waals surface area contributed by atoms with Gasteiger partial charge in [0.25, 0.3) is 11.9 Å². The van der Waals surface area contributed by atoms with Crippen molar-refractivity contribution in [2.45, 2.75) is 23.7 Å². The Bertz CT molecular complexity index is 1280. The van der Waals surface area contributed by atoms with Crippen LogP contribution in [0.4, 0.5) is 14.5 Å². The number of nitro groups is 1. The molecule has 1 amide bonds. The Morgan fingerprint density at radius 1 is 1.03 bits per heavy atom. The second-order valence-corrected chi connectivity index (χ2v) is 8.35. The van der Waals surface area contributed by atoms with E-state index in [9.17, 15) is 23.7 Å². The van der Waals surface area contributed by atoms with Crippen LogP contribution in [-0.4, -0.2) is 31.0 Å². The standard InChI is InChI=1S/C25H20F2N2O5/c1-28-21-18(4-3-5-19(21)27)25(24(28)30)20(14-6-10-16(26)11-7-14)22(29(31)32)23(34-25)15-8-12-17(33-2)13-9-15/h3-13,20,22-23H,1-2H3/t20-,22-,23-,25+/m0/s1. The second-order valence-electron chi connectivity index (χ2n) is 8.35. The van der Waals surface area contributed by atoms with Crippen molar-refractivity contribution in [1.82, 2.24) is 0 Å². The van der Waals surface area contributed by atoms with Gasteiger partial charge in [0, 0.05) is 17.5 Å². The Kier molecular flexibility index (Phi) is 5.09. The van der Waals surface area contributed by atoms with Crippen molar-refractivity contribution in [2.24, 2.45) is 0 Å². The van der Waals surface area contributed by atoms with E-state index in [1.807, 2.05) is 0 Å². The zero-order valence-electron chi connectivity index (χ0n) is 18.3. The topological polar surface area (TPSA) is 81.9 Å². The summed E-state index contributed by atoms with van der Waals surface area (Å²) in [6, 6.07) is 14.5. The number of nitrogens with zero attached hydrogens (tertiary/aromatic N) is 2. The van der Waals surface area contributed by atoms with Gasteiger partial charge in [0.1, 0.15) is 17.4 Å². The van der Waals surface area contributed by atoms with Gasteiger partial charge in [-0.25, -0.2) is 8.78 Å². The highest BCUT2D eigenvalue weighted by atomic mass is 19.1. The van der Waals surface area contributed by atoms with Crippen LogP contribution in [0.1, 0.15) is 28.7 Å². The van der Waals surface area contributed by atoms with E-state index >= 15 is 0 Å². The van der Waals surface area contributed by atoms with E-state index in [4.69, 9.17) is 9.47 Å². The third-order valence-electron chi connectivity index (χ3n) is 6.66. The predicted octanol–water partition coefficient (Wildman–Crippen LogP) is 4.35. The summed E-state index contributed by atoms with van der Waals surface area (Å²) >= 11 is 0. The summed E-state index contributed by atoms with van der Waals surface area (Å²) in [6.45, 7) is 0. The fraction of sp³-hybridized carbons (Fsp3) is 0.240. The van der Waals surface area contributed by atoms with Crippen molar-refractivity contribution in [2.75, 3.05) is 19.1 Å². The number of carbonyl (C=O) groups is 1. The summed E-state index contributed by atoms with van der Waals surface area (Å²) in [4.78, 5) is 26.9. The van der Waals surface area contributed by atoms with E-state index in [2.05, 4.69) is 0 Å². The first-order valence-electron chi connectivity index (χ1n) is 10.6. The molecule has 4 atom stereocenters. The third kappa shape index (κ3) is 3.00. The van der Waals surface area contributed by atoms with Crippen LogP contribution >= 0.6 is 0 Å². The molecule has 2 aliphatic rings. The molecule has 0 aromatic heterocycles. The first kappa shape index (κ1) is 22.0. The smallest absolute Gasteiger partial charge is 0.264 e. The Balaban J connectivity index is 1.77. The largest absolute Gasteiger partial charge is 0.497 e. The molecule has 7 nitrogen and oxygen atoms in total. The lowest BCUT2D eigenvalue weighted by Crippen LogP contribution is -2.44. The lowest BCUT2D eigenvalue weighted by atomic mass is 9.75. The van der Waals surface area contributed by atoms with Crippen molar-refractivity contribution < 1.29 is 28.0 Å². The SMILES string of the molecule is COc1ccc([C@@H]2O[C@@]3(C(=O)N(C)c4c(F)cccc43)[C@@H](c3ccc(F)cc3)[C@@H]2[N+](=O)[O-])cc1. The van der Waals surface area contributed by atoms with E-state index < -0.39 is 46.1 Å². The van der Waals surface area contributed by atoms with E-state index in [-0.39, 0.29) is 11.3 Å². The number of hydrogen-bond acceptors (Lipinski definition) is 5. The summed E-state index contributed by atoms with van der Waals surface area (Å²) < 4.78 is 40.1. The van der Waals surface area contributed by atoms with Gasteiger partial charge in [0.15, 0.2) is 11.7 Å². The maximum absolute atomic E-state index is 14.8. The van der Waals surface area contributed by atoms with Gasteiger partial charge in [0.2, 0.25) is 0 Å². The number of halogens is 2. The van der Waals surface area contributed by atoms with Crippen LogP contribution in [-0.2, 0) is 15.1 Å². The number of para-hydroxylation sites is 1.